The van der Waals surface area contributed by atoms with Crippen molar-refractivity contribution in [1.29, 1.82) is 0 Å². The van der Waals surface area contributed by atoms with Crippen LogP contribution in [0.2, 0.25) is 0 Å². The summed E-state index contributed by atoms with van der Waals surface area (Å²) in [4.78, 5) is 2.75. The second-order valence-corrected chi connectivity index (χ2v) is 7.45. The first-order chi connectivity index (χ1) is 8.34. The van der Waals surface area contributed by atoms with E-state index in [1.165, 1.54) is 32.4 Å². The second-order valence-electron chi connectivity index (χ2n) is 7.45. The summed E-state index contributed by atoms with van der Waals surface area (Å²) in [5.74, 6) is 0.810. The smallest absolute Gasteiger partial charge is 0.0269 e. The van der Waals surface area contributed by atoms with E-state index in [1.54, 1.807) is 0 Å². The second kappa shape index (κ2) is 6.91. The van der Waals surface area contributed by atoms with Gasteiger partial charge in [-0.05, 0) is 30.7 Å². The first kappa shape index (κ1) is 16.0. The van der Waals surface area contributed by atoms with Crippen molar-refractivity contribution in [2.45, 2.75) is 72.9 Å². The summed E-state index contributed by atoms with van der Waals surface area (Å²) in [5.41, 5.74) is 0.376. The number of hydrogen-bond acceptors (Lipinski definition) is 2. The predicted octanol–water partition coefficient (Wildman–Crippen LogP) is 3.52. The van der Waals surface area contributed by atoms with Gasteiger partial charge >= 0.3 is 0 Å². The third-order valence-electron chi connectivity index (χ3n) is 4.13. The molecule has 0 spiro atoms. The minimum atomic E-state index is 0.376. The molecule has 1 aliphatic heterocycles. The van der Waals surface area contributed by atoms with Crippen molar-refractivity contribution >= 4 is 0 Å². The number of nitrogens with zero attached hydrogens (tertiary/aromatic N) is 1. The Labute approximate surface area is 115 Å². The number of nitrogens with one attached hydrogen (secondary N) is 1. The van der Waals surface area contributed by atoms with Crippen LogP contribution in [0.25, 0.3) is 0 Å². The van der Waals surface area contributed by atoms with Crippen molar-refractivity contribution in [2.75, 3.05) is 19.6 Å². The third kappa shape index (κ3) is 4.89. The van der Waals surface area contributed by atoms with E-state index in [-0.39, 0.29) is 0 Å². The van der Waals surface area contributed by atoms with Gasteiger partial charge in [0.2, 0.25) is 0 Å². The van der Waals surface area contributed by atoms with Gasteiger partial charge in [0.15, 0.2) is 0 Å². The molecule has 2 nitrogen and oxygen atoms in total. The molecule has 0 aromatic carbocycles. The molecule has 1 fully saturated rings. The fourth-order valence-electron chi connectivity index (χ4n) is 2.95. The highest BCUT2D eigenvalue weighted by molar-refractivity contribution is 4.92. The molecule has 1 saturated heterocycles. The summed E-state index contributed by atoms with van der Waals surface area (Å²) < 4.78 is 0. The zero-order valence-electron chi connectivity index (χ0n) is 13.4. The molecule has 108 valence electrons. The summed E-state index contributed by atoms with van der Waals surface area (Å²) in [7, 11) is 0. The predicted molar refractivity (Wildman–Crippen MR) is 81.0 cm³/mol. The van der Waals surface area contributed by atoms with E-state index < -0.39 is 0 Å². The van der Waals surface area contributed by atoms with E-state index in [4.69, 9.17) is 0 Å². The van der Waals surface area contributed by atoms with Gasteiger partial charge in [-0.1, -0.05) is 48.0 Å². The van der Waals surface area contributed by atoms with E-state index in [0.29, 0.717) is 17.5 Å². The Kier molecular flexibility index (Phi) is 6.13. The van der Waals surface area contributed by atoms with Crippen LogP contribution in [0.1, 0.15) is 60.8 Å². The summed E-state index contributed by atoms with van der Waals surface area (Å²) in [6, 6.07) is 1.39. The maximum absolute atomic E-state index is 3.75. The summed E-state index contributed by atoms with van der Waals surface area (Å²) in [6.07, 6.45) is 3.93. The van der Waals surface area contributed by atoms with E-state index in [2.05, 4.69) is 51.8 Å². The average molecular weight is 254 g/mol. The van der Waals surface area contributed by atoms with Crippen LogP contribution in [0, 0.1) is 11.3 Å². The molecule has 0 aromatic heterocycles. The van der Waals surface area contributed by atoms with Gasteiger partial charge < -0.3 is 5.32 Å². The SMILES string of the molecule is CCCC1CN(CCC(C)C)C(C(C)(C)C)CN1. The van der Waals surface area contributed by atoms with Crippen molar-refractivity contribution in [3.8, 4) is 0 Å². The molecule has 18 heavy (non-hydrogen) atoms. The van der Waals surface area contributed by atoms with E-state index in [9.17, 15) is 0 Å². The Morgan fingerprint density at radius 1 is 1.28 bits per heavy atom. The molecular formula is C16H34N2. The molecule has 2 atom stereocenters. The molecular weight excluding hydrogens is 220 g/mol. The normalized spacial score (nSPS) is 26.8. The maximum Gasteiger partial charge on any atom is 0.0269 e. The van der Waals surface area contributed by atoms with Gasteiger partial charge in [-0.3, -0.25) is 4.90 Å². The lowest BCUT2D eigenvalue weighted by atomic mass is 9.83. The van der Waals surface area contributed by atoms with Crippen LogP contribution in [0.5, 0.6) is 0 Å². The largest absolute Gasteiger partial charge is 0.311 e. The standard InChI is InChI=1S/C16H34N2/c1-7-8-14-12-18(10-9-13(2)3)15(11-17-14)16(4,5)6/h13-15,17H,7-12H2,1-6H3. The molecule has 1 heterocycles. The van der Waals surface area contributed by atoms with Crippen LogP contribution in [-0.4, -0.2) is 36.6 Å². The quantitative estimate of drug-likeness (QED) is 0.807. The van der Waals surface area contributed by atoms with Crippen molar-refractivity contribution < 1.29 is 0 Å². The molecule has 0 saturated carbocycles. The molecule has 2 unspecified atom stereocenters. The van der Waals surface area contributed by atoms with Crippen LogP contribution >= 0.6 is 0 Å². The molecule has 0 aliphatic carbocycles. The van der Waals surface area contributed by atoms with E-state index >= 15 is 0 Å². The number of piperazine rings is 1. The van der Waals surface area contributed by atoms with Gasteiger partial charge in [-0.15, -0.1) is 0 Å². The highest BCUT2D eigenvalue weighted by atomic mass is 15.2. The van der Waals surface area contributed by atoms with Crippen molar-refractivity contribution in [2.24, 2.45) is 11.3 Å². The van der Waals surface area contributed by atoms with Gasteiger partial charge in [0.25, 0.3) is 0 Å². The lowest BCUT2D eigenvalue weighted by molar-refractivity contribution is 0.0503. The van der Waals surface area contributed by atoms with Gasteiger partial charge in [0.05, 0.1) is 0 Å². The molecule has 1 N–H and O–H groups in total. The first-order valence-electron chi connectivity index (χ1n) is 7.82. The highest BCUT2D eigenvalue weighted by Crippen LogP contribution is 2.27. The van der Waals surface area contributed by atoms with Crippen molar-refractivity contribution in [3.63, 3.8) is 0 Å². The van der Waals surface area contributed by atoms with Crippen molar-refractivity contribution in [3.05, 3.63) is 0 Å². The topological polar surface area (TPSA) is 15.3 Å². The van der Waals surface area contributed by atoms with Gasteiger partial charge in [-0.2, -0.15) is 0 Å². The minimum Gasteiger partial charge on any atom is -0.311 e. The van der Waals surface area contributed by atoms with Crippen LogP contribution in [0.3, 0.4) is 0 Å². The molecule has 2 heteroatoms. The summed E-state index contributed by atoms with van der Waals surface area (Å²) in [5, 5.41) is 3.75. The summed E-state index contributed by atoms with van der Waals surface area (Å²) >= 11 is 0. The minimum absolute atomic E-state index is 0.376. The zero-order valence-corrected chi connectivity index (χ0v) is 13.4. The first-order valence-corrected chi connectivity index (χ1v) is 7.82. The molecule has 0 bridgehead atoms. The fourth-order valence-corrected chi connectivity index (χ4v) is 2.95. The number of rotatable bonds is 5. The fraction of sp³-hybridized carbons (Fsp3) is 1.00. The van der Waals surface area contributed by atoms with Gasteiger partial charge in [0.1, 0.15) is 0 Å². The van der Waals surface area contributed by atoms with Gasteiger partial charge in [-0.25, -0.2) is 0 Å². The molecule has 1 rings (SSSR count). The highest BCUT2D eigenvalue weighted by Gasteiger charge is 2.34. The average Bonchev–Trinajstić information content (AvgIpc) is 2.25. The Bertz CT molecular complexity index is 230. The Hall–Kier alpha value is -0.0800. The summed E-state index contributed by atoms with van der Waals surface area (Å²) in [6.45, 7) is 17.7. The lowest BCUT2D eigenvalue weighted by Gasteiger charge is -2.46. The van der Waals surface area contributed by atoms with Crippen LogP contribution in [-0.2, 0) is 0 Å². The third-order valence-corrected chi connectivity index (χ3v) is 4.13. The van der Waals surface area contributed by atoms with Crippen LogP contribution in [0.15, 0.2) is 0 Å². The van der Waals surface area contributed by atoms with Gasteiger partial charge in [0, 0.05) is 25.2 Å². The van der Waals surface area contributed by atoms with E-state index in [0.717, 1.165) is 12.5 Å². The Morgan fingerprint density at radius 3 is 2.44 bits per heavy atom. The maximum atomic E-state index is 3.75. The Morgan fingerprint density at radius 2 is 1.94 bits per heavy atom. The van der Waals surface area contributed by atoms with Crippen LogP contribution < -0.4 is 5.32 Å². The molecule has 1 aliphatic rings. The number of hydrogen-bond donors (Lipinski definition) is 1. The zero-order chi connectivity index (χ0) is 13.8. The monoisotopic (exact) mass is 254 g/mol. The van der Waals surface area contributed by atoms with Crippen molar-refractivity contribution in [1.82, 2.24) is 10.2 Å². The Balaban J connectivity index is 2.61. The molecule has 0 radical (unpaired) electrons. The van der Waals surface area contributed by atoms with E-state index in [1.807, 2.05) is 0 Å². The lowest BCUT2D eigenvalue weighted by Crippen LogP contribution is -2.60. The molecule has 0 aromatic rings. The van der Waals surface area contributed by atoms with Crippen LogP contribution in [0.4, 0.5) is 0 Å². The molecule has 0 amide bonds.